The molecular weight excluding hydrogens is 426 g/mol. The Labute approximate surface area is 191 Å². The number of nitrogens with zero attached hydrogens (tertiary/aromatic N) is 2. The Hall–Kier alpha value is -3.69. The normalized spacial score (nSPS) is 13.7. The van der Waals surface area contributed by atoms with Crippen molar-refractivity contribution in [2.75, 3.05) is 7.05 Å². The average Bonchev–Trinajstić information content (AvgIpc) is 3.29. The van der Waals surface area contributed by atoms with Gasteiger partial charge in [-0.3, -0.25) is 9.59 Å². The lowest BCUT2D eigenvalue weighted by Crippen LogP contribution is -2.50. The highest BCUT2D eigenvalue weighted by atomic mass is 16.4. The second-order valence-corrected chi connectivity index (χ2v) is 7.68. The van der Waals surface area contributed by atoms with Crippen molar-refractivity contribution >= 4 is 11.8 Å². The zero-order valence-corrected chi connectivity index (χ0v) is 18.4. The average molecular weight is 453 g/mol. The Kier molecular flexibility index (Phi) is 7.81. The molecule has 0 aliphatic carbocycles. The number of carbonyl (C=O) groups is 2. The molecule has 2 aromatic carbocycles. The van der Waals surface area contributed by atoms with E-state index in [1.165, 1.54) is 18.2 Å². The maximum absolute atomic E-state index is 12.6. The quantitative estimate of drug-likeness (QED) is 0.386. The number of benzene rings is 2. The summed E-state index contributed by atoms with van der Waals surface area (Å²) >= 11 is 0. The van der Waals surface area contributed by atoms with Crippen molar-refractivity contribution in [3.8, 4) is 5.75 Å². The van der Waals surface area contributed by atoms with Gasteiger partial charge >= 0.3 is 0 Å². The first-order valence-corrected chi connectivity index (χ1v) is 10.4. The van der Waals surface area contributed by atoms with E-state index in [0.717, 1.165) is 5.56 Å². The monoisotopic (exact) mass is 453 g/mol. The van der Waals surface area contributed by atoms with E-state index in [2.05, 4.69) is 10.3 Å². The van der Waals surface area contributed by atoms with Gasteiger partial charge in [-0.05, 0) is 24.1 Å². The van der Waals surface area contributed by atoms with Crippen molar-refractivity contribution in [3.63, 3.8) is 0 Å². The number of amides is 2. The molecule has 33 heavy (non-hydrogen) atoms. The van der Waals surface area contributed by atoms with Crippen molar-refractivity contribution in [1.29, 1.82) is 0 Å². The fraction of sp³-hybridized carbons (Fsp3) is 0.292. The molecule has 174 valence electrons. The highest BCUT2D eigenvalue weighted by molar-refractivity contribution is 5.90. The van der Waals surface area contributed by atoms with Crippen LogP contribution in [0.1, 0.15) is 35.7 Å². The van der Waals surface area contributed by atoms with E-state index in [1.807, 2.05) is 30.3 Å². The van der Waals surface area contributed by atoms with Crippen molar-refractivity contribution in [1.82, 2.24) is 15.2 Å². The Balaban J connectivity index is 1.53. The Morgan fingerprint density at radius 1 is 1.06 bits per heavy atom. The van der Waals surface area contributed by atoms with E-state index in [1.54, 1.807) is 31.2 Å². The molecule has 0 radical (unpaired) electrons. The summed E-state index contributed by atoms with van der Waals surface area (Å²) in [5, 5.41) is 32.7. The maximum atomic E-state index is 12.6. The third kappa shape index (κ3) is 5.97. The summed E-state index contributed by atoms with van der Waals surface area (Å²) in [6, 6.07) is 15.7. The molecule has 0 unspecified atom stereocenters. The molecule has 3 aromatic rings. The van der Waals surface area contributed by atoms with Gasteiger partial charge < -0.3 is 30.0 Å². The minimum absolute atomic E-state index is 0.142. The number of oxazole rings is 1. The lowest BCUT2D eigenvalue weighted by molar-refractivity contribution is -0.153. The number of para-hydroxylation sites is 1. The van der Waals surface area contributed by atoms with Crippen LogP contribution in [0.25, 0.3) is 0 Å². The van der Waals surface area contributed by atoms with Gasteiger partial charge in [0.25, 0.3) is 11.8 Å². The lowest BCUT2D eigenvalue weighted by atomic mass is 10.1. The van der Waals surface area contributed by atoms with Gasteiger partial charge in [0, 0.05) is 13.5 Å². The Morgan fingerprint density at radius 2 is 1.73 bits per heavy atom. The first-order chi connectivity index (χ1) is 15.8. The van der Waals surface area contributed by atoms with Crippen LogP contribution in [0.2, 0.25) is 0 Å². The van der Waals surface area contributed by atoms with Gasteiger partial charge in [-0.1, -0.05) is 48.5 Å². The Morgan fingerprint density at radius 3 is 2.42 bits per heavy atom. The number of hydrogen-bond acceptors (Lipinski definition) is 7. The van der Waals surface area contributed by atoms with Crippen LogP contribution in [0.3, 0.4) is 0 Å². The molecule has 3 rings (SSSR count). The second-order valence-electron chi connectivity index (χ2n) is 7.68. The number of aromatic hydroxyl groups is 1. The van der Waals surface area contributed by atoms with Crippen LogP contribution in [-0.4, -0.2) is 56.3 Å². The fourth-order valence-electron chi connectivity index (χ4n) is 3.27. The molecule has 9 nitrogen and oxygen atoms in total. The van der Waals surface area contributed by atoms with Crippen LogP contribution in [0.4, 0.5) is 0 Å². The zero-order chi connectivity index (χ0) is 24.0. The number of rotatable bonds is 9. The molecule has 9 heteroatoms. The molecule has 0 saturated heterocycles. The fourth-order valence-corrected chi connectivity index (χ4v) is 3.27. The number of aromatic nitrogens is 1. The summed E-state index contributed by atoms with van der Waals surface area (Å²) in [5.74, 6) is -1.40. The summed E-state index contributed by atoms with van der Waals surface area (Å²) in [7, 11) is 1.49. The number of carbonyl (C=O) groups excluding carboxylic acids is 2. The van der Waals surface area contributed by atoms with E-state index in [0.29, 0.717) is 17.7 Å². The molecule has 0 spiro atoms. The number of aliphatic hydroxyl groups excluding tert-OH is 2. The van der Waals surface area contributed by atoms with E-state index in [9.17, 15) is 24.9 Å². The van der Waals surface area contributed by atoms with Crippen molar-refractivity contribution in [2.45, 2.75) is 38.1 Å². The van der Waals surface area contributed by atoms with E-state index < -0.39 is 24.0 Å². The van der Waals surface area contributed by atoms with Gasteiger partial charge in [0.05, 0.1) is 18.3 Å². The van der Waals surface area contributed by atoms with Gasteiger partial charge in [0.1, 0.15) is 12.0 Å². The van der Waals surface area contributed by atoms with Crippen LogP contribution in [-0.2, 0) is 22.6 Å². The summed E-state index contributed by atoms with van der Waals surface area (Å²) in [4.78, 5) is 30.3. The molecule has 2 amide bonds. The molecule has 0 aliphatic rings. The lowest BCUT2D eigenvalue weighted by Gasteiger charge is -2.28. The smallest absolute Gasteiger partial charge is 0.254 e. The molecule has 0 aliphatic heterocycles. The van der Waals surface area contributed by atoms with Gasteiger partial charge in [-0.2, -0.15) is 0 Å². The van der Waals surface area contributed by atoms with Crippen LogP contribution >= 0.6 is 0 Å². The van der Waals surface area contributed by atoms with Crippen molar-refractivity contribution in [2.24, 2.45) is 0 Å². The predicted molar refractivity (Wildman–Crippen MR) is 119 cm³/mol. The van der Waals surface area contributed by atoms with E-state index in [4.69, 9.17) is 4.42 Å². The number of hydrogen-bond donors (Lipinski definition) is 4. The predicted octanol–water partition coefficient (Wildman–Crippen LogP) is 1.53. The molecule has 1 aromatic heterocycles. The van der Waals surface area contributed by atoms with Crippen LogP contribution in [0.5, 0.6) is 5.75 Å². The van der Waals surface area contributed by atoms with Crippen LogP contribution in [0.15, 0.2) is 65.3 Å². The van der Waals surface area contributed by atoms with Crippen molar-refractivity contribution in [3.05, 3.63) is 83.6 Å². The molecule has 4 N–H and O–H groups in total. The van der Waals surface area contributed by atoms with Crippen molar-refractivity contribution < 1.29 is 29.3 Å². The number of phenolic OH excluding ortho intramolecular Hbond substituents is 1. The minimum atomic E-state index is -1.96. The molecular formula is C24H27N3O6. The SMILES string of the molecule is C[C@H](c1ccccc1)N(C)C(=O)[C@H](O)[C@@H](O)C(=O)NCc1nc(Cc2ccccc2O)co1. The molecule has 0 saturated carbocycles. The highest BCUT2D eigenvalue weighted by Gasteiger charge is 2.34. The number of nitrogens with one attached hydrogen (secondary N) is 1. The third-order valence-corrected chi connectivity index (χ3v) is 5.41. The maximum Gasteiger partial charge on any atom is 0.254 e. The topological polar surface area (TPSA) is 136 Å². The van der Waals surface area contributed by atoms with E-state index in [-0.39, 0.29) is 24.2 Å². The zero-order valence-electron chi connectivity index (χ0n) is 18.4. The summed E-state index contributed by atoms with van der Waals surface area (Å²) in [6.45, 7) is 1.63. The Bertz CT molecular complexity index is 1080. The number of aliphatic hydroxyl groups is 2. The van der Waals surface area contributed by atoms with E-state index >= 15 is 0 Å². The number of likely N-dealkylation sites (N-methyl/N-ethyl adjacent to an activating group) is 1. The minimum Gasteiger partial charge on any atom is -0.508 e. The van der Waals surface area contributed by atoms with Crippen LogP contribution in [0, 0.1) is 0 Å². The standard InChI is InChI=1S/C24H27N3O6/c1-15(16-8-4-3-5-9-16)27(2)24(32)22(30)21(29)23(31)25-13-20-26-18(14-33-20)12-17-10-6-7-11-19(17)28/h3-11,14-15,21-22,28-30H,12-13H2,1-2H3,(H,25,31)/t15-,21-,22-/m1/s1. The van der Waals surface area contributed by atoms with Gasteiger partial charge in [0.15, 0.2) is 12.2 Å². The van der Waals surface area contributed by atoms with Gasteiger partial charge in [0.2, 0.25) is 5.89 Å². The van der Waals surface area contributed by atoms with Crippen LogP contribution < -0.4 is 5.32 Å². The summed E-state index contributed by atoms with van der Waals surface area (Å²) in [5.41, 5.74) is 2.07. The first-order valence-electron chi connectivity index (χ1n) is 10.4. The molecule has 3 atom stereocenters. The largest absolute Gasteiger partial charge is 0.508 e. The summed E-state index contributed by atoms with van der Waals surface area (Å²) < 4.78 is 5.31. The molecule has 0 fully saturated rings. The number of phenols is 1. The summed E-state index contributed by atoms with van der Waals surface area (Å²) in [6.07, 6.45) is -2.14. The molecule has 0 bridgehead atoms. The third-order valence-electron chi connectivity index (χ3n) is 5.41. The van der Waals surface area contributed by atoms with Gasteiger partial charge in [-0.15, -0.1) is 0 Å². The first kappa shape index (κ1) is 24.0. The molecule has 1 heterocycles. The second kappa shape index (κ2) is 10.8. The highest BCUT2D eigenvalue weighted by Crippen LogP contribution is 2.20. The van der Waals surface area contributed by atoms with Gasteiger partial charge in [-0.25, -0.2) is 4.98 Å².